The summed E-state index contributed by atoms with van der Waals surface area (Å²) in [5.41, 5.74) is 2.66. The molecule has 0 fully saturated rings. The Labute approximate surface area is 101 Å². The quantitative estimate of drug-likeness (QED) is 0.589. The minimum atomic E-state index is 0.495. The van der Waals surface area contributed by atoms with Crippen molar-refractivity contribution >= 4 is 24.1 Å². The van der Waals surface area contributed by atoms with Gasteiger partial charge in [-0.2, -0.15) is 0 Å². The fourth-order valence-corrected chi connectivity index (χ4v) is 3.63. The van der Waals surface area contributed by atoms with Crippen LogP contribution in [0.2, 0.25) is 0 Å². The second-order valence-corrected chi connectivity index (χ2v) is 5.68. The van der Waals surface area contributed by atoms with E-state index in [2.05, 4.69) is 65.6 Å². The van der Waals surface area contributed by atoms with Gasteiger partial charge >= 0.3 is 101 Å². The predicted molar refractivity (Wildman–Crippen MR) is 70.7 cm³/mol. The van der Waals surface area contributed by atoms with Crippen molar-refractivity contribution in [3.63, 3.8) is 0 Å². The Morgan fingerprint density at radius 2 is 1.44 bits per heavy atom. The zero-order chi connectivity index (χ0) is 10.8. The molecular weight excluding hydrogens is 259 g/mol. The molecule has 0 N–H and O–H groups in total. The molecule has 0 saturated carbocycles. The van der Waals surface area contributed by atoms with Crippen molar-refractivity contribution in [3.05, 3.63) is 65.6 Å². The van der Waals surface area contributed by atoms with E-state index in [-0.39, 0.29) is 0 Å². The molecule has 0 aliphatic rings. The van der Waals surface area contributed by atoms with Crippen LogP contribution in [-0.2, 0) is 0 Å². The van der Waals surface area contributed by atoms with Gasteiger partial charge in [-0.1, -0.05) is 0 Å². The van der Waals surface area contributed by atoms with Gasteiger partial charge in [0.25, 0.3) is 0 Å². The number of rotatable bonds is 1. The van der Waals surface area contributed by atoms with Crippen LogP contribution in [0.15, 0.2) is 65.6 Å². The van der Waals surface area contributed by atoms with E-state index in [4.69, 9.17) is 0 Å². The average Bonchev–Trinajstić information content (AvgIpc) is 2.39. The summed E-state index contributed by atoms with van der Waals surface area (Å²) >= 11 is 0.495. The molecule has 1 aromatic heterocycles. The topological polar surface area (TPSA) is 0 Å². The molecule has 0 radical (unpaired) electrons. The maximum atomic E-state index is 2.30. The molecule has 0 unspecified atom stereocenters. The van der Waals surface area contributed by atoms with E-state index >= 15 is 0 Å². The molecule has 3 rings (SSSR count). The standard InChI is InChI=1S/C15H11Se/c1-2-6-12(7-3-1)13-10-11-16-15-9-5-4-8-14(13)15/h1-11H/q+1. The molecule has 0 saturated heterocycles. The first-order valence-corrected chi connectivity index (χ1v) is 7.15. The summed E-state index contributed by atoms with van der Waals surface area (Å²) in [6.07, 6.45) is 0. The fraction of sp³-hybridized carbons (Fsp3) is 0. The summed E-state index contributed by atoms with van der Waals surface area (Å²) in [6, 6.07) is 21.6. The Bertz CT molecular complexity index is 609. The van der Waals surface area contributed by atoms with E-state index in [0.29, 0.717) is 14.5 Å². The number of hydrogen-bond donors (Lipinski definition) is 0. The van der Waals surface area contributed by atoms with E-state index in [0.717, 1.165) is 0 Å². The first-order chi connectivity index (χ1) is 7.95. The number of benzene rings is 2. The molecule has 0 amide bonds. The molecule has 0 aliphatic carbocycles. The fourth-order valence-electron chi connectivity index (χ4n) is 1.93. The molecule has 3 aromatic rings. The van der Waals surface area contributed by atoms with E-state index in [1.165, 1.54) is 20.8 Å². The normalized spacial score (nSPS) is 10.5. The molecule has 16 heavy (non-hydrogen) atoms. The second-order valence-electron chi connectivity index (χ2n) is 3.70. The Kier molecular flexibility index (Phi) is 2.57. The van der Waals surface area contributed by atoms with Crippen LogP contribution in [0.1, 0.15) is 0 Å². The van der Waals surface area contributed by atoms with Gasteiger partial charge in [0.05, 0.1) is 0 Å². The van der Waals surface area contributed by atoms with Crippen LogP contribution in [0.5, 0.6) is 0 Å². The maximum absolute atomic E-state index is 2.30. The van der Waals surface area contributed by atoms with Gasteiger partial charge in [0.1, 0.15) is 0 Å². The van der Waals surface area contributed by atoms with Gasteiger partial charge in [0.15, 0.2) is 0 Å². The SMILES string of the molecule is c1ccc(-c2cc[se+]c3ccccc23)cc1. The van der Waals surface area contributed by atoms with Gasteiger partial charge in [-0.25, -0.2) is 0 Å². The van der Waals surface area contributed by atoms with Crippen molar-refractivity contribution < 1.29 is 0 Å². The summed E-state index contributed by atoms with van der Waals surface area (Å²) in [7, 11) is 0. The van der Waals surface area contributed by atoms with Gasteiger partial charge in [-0.05, 0) is 0 Å². The molecule has 76 valence electrons. The van der Waals surface area contributed by atoms with E-state index in [1.54, 1.807) is 0 Å². The van der Waals surface area contributed by atoms with E-state index < -0.39 is 0 Å². The number of fused-ring (bicyclic) bond motifs is 1. The van der Waals surface area contributed by atoms with Gasteiger partial charge in [-0.15, -0.1) is 0 Å². The molecule has 1 heteroatoms. The summed E-state index contributed by atoms with van der Waals surface area (Å²) in [5, 5.41) is 1.40. The number of hydrogen-bond acceptors (Lipinski definition) is 0. The Morgan fingerprint density at radius 1 is 0.688 bits per heavy atom. The van der Waals surface area contributed by atoms with Crippen molar-refractivity contribution in [2.24, 2.45) is 0 Å². The summed E-state index contributed by atoms with van der Waals surface area (Å²) in [4.78, 5) is 2.30. The molecule has 2 aromatic carbocycles. The van der Waals surface area contributed by atoms with Crippen molar-refractivity contribution in [2.75, 3.05) is 0 Å². The second kappa shape index (κ2) is 4.21. The zero-order valence-corrected chi connectivity index (χ0v) is 10.5. The van der Waals surface area contributed by atoms with Gasteiger partial charge in [-0.3, -0.25) is 0 Å². The van der Waals surface area contributed by atoms with Gasteiger partial charge in [0, 0.05) is 0 Å². The van der Waals surface area contributed by atoms with Crippen LogP contribution in [0, 0.1) is 0 Å². The van der Waals surface area contributed by atoms with Crippen molar-refractivity contribution in [3.8, 4) is 11.1 Å². The third-order valence-corrected chi connectivity index (χ3v) is 4.54. The molecule has 0 nitrogen and oxygen atoms in total. The third kappa shape index (κ3) is 1.69. The minimum absolute atomic E-state index is 0.495. The van der Waals surface area contributed by atoms with Crippen LogP contribution in [0.4, 0.5) is 0 Å². The first-order valence-electron chi connectivity index (χ1n) is 5.30. The summed E-state index contributed by atoms with van der Waals surface area (Å²) < 4.78 is 1.48. The molecule has 0 spiro atoms. The molecule has 0 atom stereocenters. The third-order valence-electron chi connectivity index (χ3n) is 2.69. The van der Waals surface area contributed by atoms with Crippen LogP contribution >= 0.6 is 0 Å². The van der Waals surface area contributed by atoms with Gasteiger partial charge < -0.3 is 0 Å². The van der Waals surface area contributed by atoms with Crippen LogP contribution < -0.4 is 0 Å². The molecule has 0 bridgehead atoms. The Hall–Kier alpha value is -1.43. The predicted octanol–water partition coefficient (Wildman–Crippen LogP) is 3.84. The summed E-state index contributed by atoms with van der Waals surface area (Å²) in [6.45, 7) is 0. The Balaban J connectivity index is 2.32. The van der Waals surface area contributed by atoms with E-state index in [1.807, 2.05) is 0 Å². The Morgan fingerprint density at radius 3 is 2.31 bits per heavy atom. The molecule has 0 aliphatic heterocycles. The molecular formula is C15H11Se+. The first kappa shape index (κ1) is 9.77. The van der Waals surface area contributed by atoms with Crippen LogP contribution in [-0.4, -0.2) is 14.5 Å². The average molecular weight is 270 g/mol. The van der Waals surface area contributed by atoms with Crippen LogP contribution in [0.25, 0.3) is 20.8 Å². The van der Waals surface area contributed by atoms with E-state index in [9.17, 15) is 0 Å². The van der Waals surface area contributed by atoms with Crippen molar-refractivity contribution in [1.29, 1.82) is 0 Å². The van der Waals surface area contributed by atoms with Gasteiger partial charge in [0.2, 0.25) is 0 Å². The van der Waals surface area contributed by atoms with Crippen molar-refractivity contribution in [2.45, 2.75) is 0 Å². The molecule has 1 heterocycles. The van der Waals surface area contributed by atoms with Crippen molar-refractivity contribution in [1.82, 2.24) is 0 Å². The van der Waals surface area contributed by atoms with Crippen LogP contribution in [0.3, 0.4) is 0 Å². The zero-order valence-electron chi connectivity index (χ0n) is 8.76. The monoisotopic (exact) mass is 271 g/mol. The summed E-state index contributed by atoms with van der Waals surface area (Å²) in [5.74, 6) is 0.